The number of nitrogens with zero attached hydrogens (tertiary/aromatic N) is 3. The van der Waals surface area contributed by atoms with Gasteiger partial charge in [0.05, 0.1) is 12.9 Å². The van der Waals surface area contributed by atoms with Crippen molar-refractivity contribution in [3.05, 3.63) is 72.6 Å². The van der Waals surface area contributed by atoms with Crippen molar-refractivity contribution in [2.45, 2.75) is 11.8 Å². The number of rotatable bonds is 8. The zero-order valence-corrected chi connectivity index (χ0v) is 17.1. The summed E-state index contributed by atoms with van der Waals surface area (Å²) >= 11 is 1.23. The van der Waals surface area contributed by atoms with E-state index in [1.807, 2.05) is 71.3 Å². The molecule has 1 aromatic heterocycles. The Morgan fingerprint density at radius 1 is 1.03 bits per heavy atom. The highest BCUT2D eigenvalue weighted by atomic mass is 32.2. The van der Waals surface area contributed by atoms with E-state index >= 15 is 0 Å². The summed E-state index contributed by atoms with van der Waals surface area (Å²) < 4.78 is 13.2. The zero-order chi connectivity index (χ0) is 20.9. The number of thioether (sulfide) groups is 1. The molecule has 0 bridgehead atoms. The third-order valence-corrected chi connectivity index (χ3v) is 5.43. The molecule has 0 aliphatic heterocycles. The van der Waals surface area contributed by atoms with Gasteiger partial charge in [0.25, 0.3) is 0 Å². The SMILES string of the molecule is COc1ccc(-n2c(COc3cccc4ccccc34)nnc2SCC(N)=O)cc1. The number of benzene rings is 3. The Kier molecular flexibility index (Phi) is 5.85. The molecule has 7 nitrogen and oxygen atoms in total. The minimum atomic E-state index is -0.419. The molecule has 0 atom stereocenters. The highest BCUT2D eigenvalue weighted by molar-refractivity contribution is 7.99. The smallest absolute Gasteiger partial charge is 0.227 e. The summed E-state index contributed by atoms with van der Waals surface area (Å²) in [6, 6.07) is 21.5. The lowest BCUT2D eigenvalue weighted by atomic mass is 10.1. The number of amides is 1. The average molecular weight is 420 g/mol. The molecule has 8 heteroatoms. The largest absolute Gasteiger partial charge is 0.497 e. The Labute approximate surface area is 177 Å². The maximum absolute atomic E-state index is 11.2. The van der Waals surface area contributed by atoms with Gasteiger partial charge < -0.3 is 15.2 Å². The molecule has 0 spiro atoms. The lowest BCUT2D eigenvalue weighted by Gasteiger charge is -2.12. The molecule has 0 fully saturated rings. The third kappa shape index (κ3) is 4.23. The van der Waals surface area contributed by atoms with Gasteiger partial charge in [0.1, 0.15) is 18.1 Å². The molecule has 2 N–H and O–H groups in total. The van der Waals surface area contributed by atoms with Crippen LogP contribution in [0.5, 0.6) is 11.5 Å². The van der Waals surface area contributed by atoms with Gasteiger partial charge in [0.2, 0.25) is 5.91 Å². The number of aromatic nitrogens is 3. The normalized spacial score (nSPS) is 10.8. The van der Waals surface area contributed by atoms with Crippen LogP contribution in [0.15, 0.2) is 71.9 Å². The van der Waals surface area contributed by atoms with Crippen LogP contribution >= 0.6 is 11.8 Å². The monoisotopic (exact) mass is 420 g/mol. The quantitative estimate of drug-likeness (QED) is 0.438. The summed E-state index contributed by atoms with van der Waals surface area (Å²) in [4.78, 5) is 11.2. The molecule has 0 unspecified atom stereocenters. The number of methoxy groups -OCH3 is 1. The van der Waals surface area contributed by atoms with Gasteiger partial charge in [-0.2, -0.15) is 0 Å². The Morgan fingerprint density at radius 3 is 2.57 bits per heavy atom. The molecule has 3 aromatic carbocycles. The topological polar surface area (TPSA) is 92.3 Å². The summed E-state index contributed by atoms with van der Waals surface area (Å²) in [5.74, 6) is 1.81. The molecule has 4 aromatic rings. The molecule has 0 aliphatic carbocycles. The first-order chi connectivity index (χ1) is 14.7. The van der Waals surface area contributed by atoms with E-state index in [9.17, 15) is 4.79 Å². The van der Waals surface area contributed by atoms with Gasteiger partial charge in [0, 0.05) is 11.1 Å². The third-order valence-electron chi connectivity index (χ3n) is 4.48. The van der Waals surface area contributed by atoms with E-state index < -0.39 is 5.91 Å². The predicted octanol–water partition coefficient (Wildman–Crippen LogP) is 3.59. The highest BCUT2D eigenvalue weighted by Gasteiger charge is 2.16. The van der Waals surface area contributed by atoms with Crippen molar-refractivity contribution < 1.29 is 14.3 Å². The molecule has 30 heavy (non-hydrogen) atoms. The van der Waals surface area contributed by atoms with Crippen molar-refractivity contribution in [2.24, 2.45) is 5.73 Å². The minimum Gasteiger partial charge on any atom is -0.497 e. The second-order valence-corrected chi connectivity index (χ2v) is 7.40. The van der Waals surface area contributed by atoms with E-state index in [0.29, 0.717) is 11.0 Å². The fourth-order valence-electron chi connectivity index (χ4n) is 3.08. The second kappa shape index (κ2) is 8.87. The summed E-state index contributed by atoms with van der Waals surface area (Å²) in [7, 11) is 1.62. The van der Waals surface area contributed by atoms with Crippen LogP contribution in [-0.2, 0) is 11.4 Å². The number of fused-ring (bicyclic) bond motifs is 1. The van der Waals surface area contributed by atoms with Crippen LogP contribution in [0.1, 0.15) is 5.82 Å². The van der Waals surface area contributed by atoms with Crippen molar-refractivity contribution in [1.29, 1.82) is 0 Å². The summed E-state index contributed by atoms with van der Waals surface area (Å²) in [5.41, 5.74) is 6.14. The van der Waals surface area contributed by atoms with Crippen molar-refractivity contribution in [1.82, 2.24) is 14.8 Å². The van der Waals surface area contributed by atoms with E-state index in [4.69, 9.17) is 15.2 Å². The predicted molar refractivity (Wildman–Crippen MR) is 116 cm³/mol. The molecule has 4 rings (SSSR count). The fraction of sp³-hybridized carbons (Fsp3) is 0.136. The Balaban J connectivity index is 1.65. The molecule has 0 saturated carbocycles. The first kappa shape index (κ1) is 19.8. The van der Waals surface area contributed by atoms with Gasteiger partial charge in [-0.3, -0.25) is 9.36 Å². The standard InChI is InChI=1S/C22H20N4O3S/c1-28-17-11-9-16(10-12-17)26-21(24-25-22(26)30-14-20(23)27)13-29-19-8-4-6-15-5-2-3-7-18(15)19/h2-12H,13-14H2,1H3,(H2,23,27). The molecule has 152 valence electrons. The van der Waals surface area contributed by atoms with Gasteiger partial charge in [-0.15, -0.1) is 10.2 Å². The van der Waals surface area contributed by atoms with E-state index in [-0.39, 0.29) is 12.4 Å². The van der Waals surface area contributed by atoms with E-state index in [1.165, 1.54) is 11.8 Å². The molecule has 0 saturated heterocycles. The highest BCUT2D eigenvalue weighted by Crippen LogP contribution is 2.28. The lowest BCUT2D eigenvalue weighted by Crippen LogP contribution is -2.14. The van der Waals surface area contributed by atoms with Crippen LogP contribution in [-0.4, -0.2) is 33.5 Å². The number of hydrogen-bond acceptors (Lipinski definition) is 6. The van der Waals surface area contributed by atoms with Crippen LogP contribution in [0, 0.1) is 0 Å². The van der Waals surface area contributed by atoms with E-state index in [1.54, 1.807) is 7.11 Å². The van der Waals surface area contributed by atoms with E-state index in [0.717, 1.165) is 28.0 Å². The summed E-state index contributed by atoms with van der Waals surface area (Å²) in [6.07, 6.45) is 0. The molecule has 1 amide bonds. The molecular weight excluding hydrogens is 400 g/mol. The maximum Gasteiger partial charge on any atom is 0.227 e. The number of primary amides is 1. The van der Waals surface area contributed by atoms with Crippen molar-refractivity contribution >= 4 is 28.4 Å². The van der Waals surface area contributed by atoms with Crippen LogP contribution in [0.4, 0.5) is 0 Å². The Hall–Kier alpha value is -3.52. The average Bonchev–Trinajstić information content (AvgIpc) is 3.19. The number of ether oxygens (including phenoxy) is 2. The van der Waals surface area contributed by atoms with Crippen molar-refractivity contribution in [3.63, 3.8) is 0 Å². The summed E-state index contributed by atoms with van der Waals surface area (Å²) in [5, 5.41) is 11.2. The van der Waals surface area contributed by atoms with Gasteiger partial charge in [-0.25, -0.2) is 0 Å². The van der Waals surface area contributed by atoms with Crippen LogP contribution in [0.3, 0.4) is 0 Å². The molecule has 0 radical (unpaired) electrons. The summed E-state index contributed by atoms with van der Waals surface area (Å²) in [6.45, 7) is 0.212. The Morgan fingerprint density at radius 2 is 1.80 bits per heavy atom. The van der Waals surface area contributed by atoms with Crippen LogP contribution < -0.4 is 15.2 Å². The van der Waals surface area contributed by atoms with E-state index in [2.05, 4.69) is 10.2 Å². The lowest BCUT2D eigenvalue weighted by molar-refractivity contribution is -0.115. The number of hydrogen-bond donors (Lipinski definition) is 1. The minimum absolute atomic E-state index is 0.110. The number of nitrogens with two attached hydrogens (primary N) is 1. The van der Waals surface area contributed by atoms with Gasteiger partial charge in [-0.1, -0.05) is 48.2 Å². The van der Waals surface area contributed by atoms with Gasteiger partial charge in [-0.05, 0) is 35.7 Å². The molecular formula is C22H20N4O3S. The van der Waals surface area contributed by atoms with Gasteiger partial charge >= 0.3 is 0 Å². The van der Waals surface area contributed by atoms with Crippen LogP contribution in [0.25, 0.3) is 16.5 Å². The second-order valence-electron chi connectivity index (χ2n) is 6.45. The first-order valence-corrected chi connectivity index (χ1v) is 10.2. The Bertz CT molecular complexity index is 1170. The molecule has 1 heterocycles. The number of carbonyl (C=O) groups is 1. The fourth-order valence-corrected chi connectivity index (χ4v) is 3.79. The van der Waals surface area contributed by atoms with Gasteiger partial charge in [0.15, 0.2) is 11.0 Å². The first-order valence-electron chi connectivity index (χ1n) is 9.26. The zero-order valence-electron chi connectivity index (χ0n) is 16.3. The van der Waals surface area contributed by atoms with Crippen LogP contribution in [0.2, 0.25) is 0 Å². The number of carbonyl (C=O) groups excluding carboxylic acids is 1. The maximum atomic E-state index is 11.2. The van der Waals surface area contributed by atoms with Crippen molar-refractivity contribution in [2.75, 3.05) is 12.9 Å². The molecule has 0 aliphatic rings. The van der Waals surface area contributed by atoms with Crippen molar-refractivity contribution in [3.8, 4) is 17.2 Å².